The number of rotatable bonds is 9. The SMILES string of the molecule is O=C(O)CC(NC(=O)C1N(S(=O)(=O)c2ccc(F)cc2)CCN1S(=O)(=O)c1ccc(F)c(Cl)c1)c1ccc(F)cc1. The van der Waals surface area contributed by atoms with Gasteiger partial charge in [0.2, 0.25) is 20.0 Å². The summed E-state index contributed by atoms with van der Waals surface area (Å²) in [6.07, 6.45) is -2.80. The molecule has 2 unspecified atom stereocenters. The van der Waals surface area contributed by atoms with E-state index in [0.717, 1.165) is 54.6 Å². The number of benzene rings is 3. The van der Waals surface area contributed by atoms with Gasteiger partial charge in [0, 0.05) is 13.1 Å². The van der Waals surface area contributed by atoms with Crippen molar-refractivity contribution in [3.63, 3.8) is 0 Å². The number of sulfonamides is 2. The fraction of sp³-hybridized carbons (Fsp3) is 0.200. The Hall–Kier alpha value is -3.50. The smallest absolute Gasteiger partial charge is 0.305 e. The first-order chi connectivity index (χ1) is 19.2. The van der Waals surface area contributed by atoms with Crippen LogP contribution in [0.1, 0.15) is 18.0 Å². The standard InChI is InChI=1S/C25H21ClF3N3O7S2/c26-20-13-19(9-10-21(20)29)41(38,39)32-12-11-31(40(36,37)18-7-5-17(28)6-8-18)25(32)24(35)30-22(14-23(33)34)15-1-3-16(27)4-2-15/h1-10,13,22,25H,11-12,14H2,(H,30,35)(H,33,34). The number of nitrogens with zero attached hydrogens (tertiary/aromatic N) is 2. The van der Waals surface area contributed by atoms with E-state index in [1.165, 1.54) is 12.1 Å². The Morgan fingerprint density at radius 3 is 1.85 bits per heavy atom. The van der Waals surface area contributed by atoms with E-state index in [0.29, 0.717) is 8.61 Å². The lowest BCUT2D eigenvalue weighted by molar-refractivity contribution is -0.138. The van der Waals surface area contributed by atoms with Gasteiger partial charge in [0.15, 0.2) is 6.17 Å². The molecular formula is C25H21ClF3N3O7S2. The molecule has 41 heavy (non-hydrogen) atoms. The monoisotopic (exact) mass is 631 g/mol. The third-order valence-corrected chi connectivity index (χ3v) is 10.2. The zero-order chi connectivity index (χ0) is 30.1. The number of aliphatic carboxylic acids is 1. The van der Waals surface area contributed by atoms with Gasteiger partial charge >= 0.3 is 5.97 Å². The van der Waals surface area contributed by atoms with Crippen molar-refractivity contribution < 1.29 is 44.7 Å². The molecule has 3 aromatic carbocycles. The number of amides is 1. The van der Waals surface area contributed by atoms with E-state index in [-0.39, 0.29) is 5.56 Å². The molecule has 3 aromatic rings. The number of halogens is 4. The molecule has 1 saturated heterocycles. The third kappa shape index (κ3) is 6.38. The van der Waals surface area contributed by atoms with Crippen LogP contribution < -0.4 is 5.32 Å². The van der Waals surface area contributed by atoms with Crippen LogP contribution in [0.3, 0.4) is 0 Å². The predicted octanol–water partition coefficient (Wildman–Crippen LogP) is 3.11. The average Bonchev–Trinajstić information content (AvgIpc) is 3.38. The van der Waals surface area contributed by atoms with Crippen molar-refractivity contribution in [3.8, 4) is 0 Å². The molecular weight excluding hydrogens is 611 g/mol. The summed E-state index contributed by atoms with van der Waals surface area (Å²) >= 11 is 5.76. The van der Waals surface area contributed by atoms with Gasteiger partial charge in [-0.15, -0.1) is 0 Å². The van der Waals surface area contributed by atoms with Crippen molar-refractivity contribution in [1.82, 2.24) is 13.9 Å². The van der Waals surface area contributed by atoms with Crippen LogP contribution in [0, 0.1) is 17.5 Å². The normalized spacial score (nSPS) is 17.3. The van der Waals surface area contributed by atoms with Gasteiger partial charge in [-0.1, -0.05) is 23.7 Å². The Labute approximate surface area is 238 Å². The minimum atomic E-state index is -4.69. The summed E-state index contributed by atoms with van der Waals surface area (Å²) in [6, 6.07) is 9.20. The zero-order valence-electron chi connectivity index (χ0n) is 20.7. The number of hydrogen-bond donors (Lipinski definition) is 2. The average molecular weight is 632 g/mol. The lowest BCUT2D eigenvalue weighted by atomic mass is 10.0. The molecule has 1 amide bonds. The first-order valence-electron chi connectivity index (χ1n) is 11.7. The second-order valence-electron chi connectivity index (χ2n) is 8.85. The van der Waals surface area contributed by atoms with Crippen molar-refractivity contribution in [2.24, 2.45) is 0 Å². The van der Waals surface area contributed by atoms with Crippen molar-refractivity contribution >= 4 is 43.5 Å². The molecule has 0 bridgehead atoms. The maximum atomic E-state index is 13.7. The molecule has 2 atom stereocenters. The molecule has 1 aliphatic rings. The lowest BCUT2D eigenvalue weighted by Gasteiger charge is -2.30. The highest BCUT2D eigenvalue weighted by Gasteiger charge is 2.50. The van der Waals surface area contributed by atoms with Crippen LogP contribution in [0.15, 0.2) is 76.5 Å². The van der Waals surface area contributed by atoms with E-state index in [2.05, 4.69) is 5.32 Å². The van der Waals surface area contributed by atoms with Crippen LogP contribution in [0.2, 0.25) is 5.02 Å². The van der Waals surface area contributed by atoms with E-state index in [1.54, 1.807) is 0 Å². The number of carboxylic acid groups (broad SMARTS) is 1. The molecule has 2 N–H and O–H groups in total. The summed E-state index contributed by atoms with van der Waals surface area (Å²) in [5.41, 5.74) is 0.146. The van der Waals surface area contributed by atoms with Crippen LogP contribution in [0.25, 0.3) is 0 Å². The quantitative estimate of drug-likeness (QED) is 0.370. The molecule has 0 aromatic heterocycles. The van der Waals surface area contributed by atoms with Gasteiger partial charge in [0.05, 0.1) is 27.3 Å². The molecule has 16 heteroatoms. The summed E-state index contributed by atoms with van der Waals surface area (Å²) < 4.78 is 96.1. The first-order valence-corrected chi connectivity index (χ1v) is 15.0. The van der Waals surface area contributed by atoms with E-state index >= 15 is 0 Å². The number of carbonyl (C=O) groups is 2. The third-order valence-electron chi connectivity index (χ3n) is 6.21. The van der Waals surface area contributed by atoms with Gasteiger partial charge in [0.25, 0.3) is 5.91 Å². The molecule has 10 nitrogen and oxygen atoms in total. The Bertz CT molecular complexity index is 1690. The highest BCUT2D eigenvalue weighted by atomic mass is 35.5. The van der Waals surface area contributed by atoms with Crippen molar-refractivity contribution in [3.05, 3.63) is 94.8 Å². The Kier molecular flexibility index (Phi) is 8.75. The second-order valence-corrected chi connectivity index (χ2v) is 13.0. The maximum Gasteiger partial charge on any atom is 0.305 e. The van der Waals surface area contributed by atoms with Crippen LogP contribution >= 0.6 is 11.6 Å². The van der Waals surface area contributed by atoms with Gasteiger partial charge in [-0.2, -0.15) is 8.61 Å². The first kappa shape index (κ1) is 30.5. The van der Waals surface area contributed by atoms with E-state index in [9.17, 15) is 44.7 Å². The van der Waals surface area contributed by atoms with Gasteiger partial charge in [-0.3, -0.25) is 9.59 Å². The summed E-state index contributed by atoms with van der Waals surface area (Å²) in [6.45, 7) is -1.05. The van der Waals surface area contributed by atoms with Gasteiger partial charge < -0.3 is 10.4 Å². The van der Waals surface area contributed by atoms with Crippen LogP contribution in [-0.4, -0.2) is 61.7 Å². The molecule has 1 aliphatic heterocycles. The van der Waals surface area contributed by atoms with E-state index in [4.69, 9.17) is 11.6 Å². The summed E-state index contributed by atoms with van der Waals surface area (Å²) in [7, 11) is -9.32. The van der Waals surface area contributed by atoms with Crippen molar-refractivity contribution in [1.29, 1.82) is 0 Å². The molecule has 0 spiro atoms. The maximum absolute atomic E-state index is 13.7. The van der Waals surface area contributed by atoms with Gasteiger partial charge in [-0.25, -0.2) is 30.0 Å². The minimum Gasteiger partial charge on any atom is -0.481 e. The Balaban J connectivity index is 1.79. The number of carbonyl (C=O) groups excluding carboxylic acids is 1. The van der Waals surface area contributed by atoms with E-state index in [1.807, 2.05) is 0 Å². The molecule has 0 radical (unpaired) electrons. The largest absolute Gasteiger partial charge is 0.481 e. The van der Waals surface area contributed by atoms with Crippen molar-refractivity contribution in [2.45, 2.75) is 28.4 Å². The highest BCUT2D eigenvalue weighted by molar-refractivity contribution is 7.90. The molecule has 218 valence electrons. The Morgan fingerprint density at radius 2 is 1.34 bits per heavy atom. The number of carboxylic acids is 1. The minimum absolute atomic E-state index is 0.146. The van der Waals surface area contributed by atoms with Gasteiger partial charge in [0.1, 0.15) is 17.5 Å². The van der Waals surface area contributed by atoms with Crippen LogP contribution in [0.4, 0.5) is 13.2 Å². The summed E-state index contributed by atoms with van der Waals surface area (Å²) in [5.74, 6) is -4.89. The van der Waals surface area contributed by atoms with E-state index < -0.39 is 95.9 Å². The van der Waals surface area contributed by atoms with Crippen LogP contribution in [-0.2, 0) is 29.6 Å². The topological polar surface area (TPSA) is 141 Å². The molecule has 0 saturated carbocycles. The number of hydrogen-bond acceptors (Lipinski definition) is 6. The summed E-state index contributed by atoms with van der Waals surface area (Å²) in [5, 5.41) is 11.2. The van der Waals surface area contributed by atoms with Crippen molar-refractivity contribution in [2.75, 3.05) is 13.1 Å². The fourth-order valence-electron chi connectivity index (χ4n) is 4.23. The lowest BCUT2D eigenvalue weighted by Crippen LogP contribution is -2.54. The predicted molar refractivity (Wildman–Crippen MR) is 139 cm³/mol. The van der Waals surface area contributed by atoms with Gasteiger partial charge in [-0.05, 0) is 60.2 Å². The van der Waals surface area contributed by atoms with Crippen LogP contribution in [0.5, 0.6) is 0 Å². The highest BCUT2D eigenvalue weighted by Crippen LogP contribution is 2.32. The Morgan fingerprint density at radius 1 is 0.854 bits per heavy atom. The molecule has 1 fully saturated rings. The molecule has 1 heterocycles. The fourth-order valence-corrected chi connectivity index (χ4v) is 7.66. The molecule has 4 rings (SSSR count). The summed E-state index contributed by atoms with van der Waals surface area (Å²) in [4.78, 5) is 24.3. The second kappa shape index (κ2) is 11.8. The number of nitrogens with one attached hydrogen (secondary N) is 1. The molecule has 0 aliphatic carbocycles. The zero-order valence-corrected chi connectivity index (χ0v) is 23.1.